The largest absolute Gasteiger partial charge is 0.368 e. The molecule has 124 valence electrons. The van der Waals surface area contributed by atoms with E-state index in [0.29, 0.717) is 0 Å². The van der Waals surface area contributed by atoms with E-state index < -0.39 is 6.03 Å². The SMILES string of the molecule is NC(=O)N/N=C/c1ccc(N2CCN(c3ccccc3)CC2)cc1. The standard InChI is InChI=1S/C18H21N5O/c19-18(24)21-20-14-15-6-8-17(9-7-15)23-12-10-22(11-13-23)16-4-2-1-3-5-16/h1-9,14H,10-13H2,(H3,19,21,24)/b20-14+. The second-order valence-electron chi connectivity index (χ2n) is 5.64. The topological polar surface area (TPSA) is 74.0 Å². The van der Waals surface area contributed by atoms with Crippen LogP contribution >= 0.6 is 0 Å². The van der Waals surface area contributed by atoms with Gasteiger partial charge in [0.2, 0.25) is 0 Å². The minimum Gasteiger partial charge on any atom is -0.368 e. The Morgan fingerprint density at radius 2 is 1.46 bits per heavy atom. The van der Waals surface area contributed by atoms with Gasteiger partial charge in [-0.25, -0.2) is 10.2 Å². The number of para-hydroxylation sites is 1. The zero-order chi connectivity index (χ0) is 16.8. The van der Waals surface area contributed by atoms with Crippen molar-refractivity contribution in [3.8, 4) is 0 Å². The van der Waals surface area contributed by atoms with E-state index in [1.807, 2.05) is 18.2 Å². The zero-order valence-electron chi connectivity index (χ0n) is 13.4. The minimum absolute atomic E-state index is 0.667. The first kappa shape index (κ1) is 15.9. The number of hydrogen-bond donors (Lipinski definition) is 2. The Morgan fingerprint density at radius 3 is 2.00 bits per heavy atom. The van der Waals surface area contributed by atoms with E-state index in [1.54, 1.807) is 6.21 Å². The number of hydrogen-bond acceptors (Lipinski definition) is 4. The molecule has 1 aliphatic rings. The van der Waals surface area contributed by atoms with Crippen molar-refractivity contribution in [3.63, 3.8) is 0 Å². The van der Waals surface area contributed by atoms with Crippen molar-refractivity contribution in [3.05, 3.63) is 60.2 Å². The third-order valence-corrected chi connectivity index (χ3v) is 4.05. The Kier molecular flexibility index (Phi) is 4.96. The van der Waals surface area contributed by atoms with Crippen molar-refractivity contribution in [1.82, 2.24) is 5.43 Å². The Balaban J connectivity index is 1.56. The number of nitrogens with zero attached hydrogens (tertiary/aromatic N) is 3. The fourth-order valence-electron chi connectivity index (χ4n) is 2.80. The molecule has 0 aliphatic carbocycles. The lowest BCUT2D eigenvalue weighted by Gasteiger charge is -2.37. The van der Waals surface area contributed by atoms with E-state index in [9.17, 15) is 4.79 Å². The van der Waals surface area contributed by atoms with Gasteiger partial charge in [-0.1, -0.05) is 30.3 Å². The number of rotatable bonds is 4. The molecule has 0 atom stereocenters. The van der Waals surface area contributed by atoms with Crippen LogP contribution in [0.15, 0.2) is 59.7 Å². The Bertz CT molecular complexity index is 691. The van der Waals surface area contributed by atoms with Gasteiger partial charge in [0, 0.05) is 37.6 Å². The van der Waals surface area contributed by atoms with Crippen LogP contribution in [0.2, 0.25) is 0 Å². The maximum Gasteiger partial charge on any atom is 0.332 e. The monoisotopic (exact) mass is 323 g/mol. The molecule has 2 aromatic carbocycles. The molecule has 1 aliphatic heterocycles. The molecule has 3 N–H and O–H groups in total. The van der Waals surface area contributed by atoms with Crippen LogP contribution in [0.1, 0.15) is 5.56 Å². The second kappa shape index (κ2) is 7.50. The first-order chi connectivity index (χ1) is 11.7. The van der Waals surface area contributed by atoms with Crippen molar-refractivity contribution in [2.24, 2.45) is 10.8 Å². The third-order valence-electron chi connectivity index (χ3n) is 4.05. The molecule has 24 heavy (non-hydrogen) atoms. The second-order valence-corrected chi connectivity index (χ2v) is 5.64. The zero-order valence-corrected chi connectivity index (χ0v) is 13.4. The summed E-state index contributed by atoms with van der Waals surface area (Å²) in [5.41, 5.74) is 10.5. The number of nitrogens with one attached hydrogen (secondary N) is 1. The van der Waals surface area contributed by atoms with E-state index in [0.717, 1.165) is 31.7 Å². The summed E-state index contributed by atoms with van der Waals surface area (Å²) in [6, 6.07) is 17.9. The van der Waals surface area contributed by atoms with Crippen molar-refractivity contribution < 1.29 is 4.79 Å². The van der Waals surface area contributed by atoms with Crippen molar-refractivity contribution >= 4 is 23.6 Å². The van der Waals surface area contributed by atoms with Crippen LogP contribution in [0, 0.1) is 0 Å². The predicted octanol–water partition coefficient (Wildman–Crippen LogP) is 2.02. The molecular formula is C18H21N5O. The third kappa shape index (κ3) is 4.04. The molecule has 2 aromatic rings. The summed E-state index contributed by atoms with van der Waals surface area (Å²) in [6.07, 6.45) is 1.57. The molecule has 0 unspecified atom stereocenters. The smallest absolute Gasteiger partial charge is 0.332 e. The van der Waals surface area contributed by atoms with Crippen LogP contribution in [0.5, 0.6) is 0 Å². The van der Waals surface area contributed by atoms with Crippen molar-refractivity contribution in [2.75, 3.05) is 36.0 Å². The summed E-state index contributed by atoms with van der Waals surface area (Å²) in [5, 5.41) is 3.76. The molecule has 0 radical (unpaired) electrons. The lowest BCUT2D eigenvalue weighted by atomic mass is 10.2. The lowest BCUT2D eigenvalue weighted by molar-refractivity contribution is 0.249. The predicted molar refractivity (Wildman–Crippen MR) is 97.6 cm³/mol. The van der Waals surface area contributed by atoms with Gasteiger partial charge in [-0.2, -0.15) is 5.10 Å². The fraction of sp³-hybridized carbons (Fsp3) is 0.222. The molecule has 1 heterocycles. The quantitative estimate of drug-likeness (QED) is 0.668. The van der Waals surface area contributed by atoms with Crippen molar-refractivity contribution in [1.29, 1.82) is 0 Å². The number of hydrazone groups is 1. The molecule has 0 spiro atoms. The molecular weight excluding hydrogens is 302 g/mol. The van der Waals surface area contributed by atoms with Crippen LogP contribution in [0.25, 0.3) is 0 Å². The first-order valence-corrected chi connectivity index (χ1v) is 7.96. The van der Waals surface area contributed by atoms with E-state index in [-0.39, 0.29) is 0 Å². The number of carbonyl (C=O) groups excluding carboxylic acids is 1. The maximum absolute atomic E-state index is 10.6. The molecule has 0 aromatic heterocycles. The number of benzene rings is 2. The Labute approximate surface area is 141 Å². The van der Waals surface area contributed by atoms with Crippen molar-refractivity contribution in [2.45, 2.75) is 0 Å². The van der Waals surface area contributed by atoms with Gasteiger partial charge in [-0.15, -0.1) is 0 Å². The summed E-state index contributed by atoms with van der Waals surface area (Å²) in [6.45, 7) is 4.00. The van der Waals surface area contributed by atoms with Crippen LogP contribution in [-0.4, -0.2) is 38.4 Å². The number of amides is 2. The average molecular weight is 323 g/mol. The van der Waals surface area contributed by atoms with E-state index in [4.69, 9.17) is 5.73 Å². The number of primary amides is 1. The normalized spacial score (nSPS) is 14.8. The molecule has 2 amide bonds. The highest BCUT2D eigenvalue weighted by molar-refractivity contribution is 5.82. The van der Waals surface area contributed by atoms with Gasteiger partial charge in [0.25, 0.3) is 0 Å². The number of carbonyl (C=O) groups is 1. The highest BCUT2D eigenvalue weighted by Crippen LogP contribution is 2.20. The Hall–Kier alpha value is -3.02. The highest BCUT2D eigenvalue weighted by atomic mass is 16.2. The molecule has 0 saturated carbocycles. The van der Waals surface area contributed by atoms with Gasteiger partial charge in [0.15, 0.2) is 0 Å². The maximum atomic E-state index is 10.6. The summed E-state index contributed by atoms with van der Waals surface area (Å²) in [5.74, 6) is 0. The van der Waals surface area contributed by atoms with Gasteiger partial charge >= 0.3 is 6.03 Å². The minimum atomic E-state index is -0.667. The molecule has 3 rings (SSSR count). The van der Waals surface area contributed by atoms with Gasteiger partial charge in [0.05, 0.1) is 6.21 Å². The number of piperazine rings is 1. The number of urea groups is 1. The van der Waals surface area contributed by atoms with Gasteiger partial charge in [0.1, 0.15) is 0 Å². The molecule has 6 heteroatoms. The number of nitrogens with two attached hydrogens (primary N) is 1. The molecule has 6 nitrogen and oxygen atoms in total. The van der Waals surface area contributed by atoms with Crippen LogP contribution in [0.4, 0.5) is 16.2 Å². The fourth-order valence-corrected chi connectivity index (χ4v) is 2.80. The van der Waals surface area contributed by atoms with E-state index >= 15 is 0 Å². The van der Waals surface area contributed by atoms with Gasteiger partial charge < -0.3 is 15.5 Å². The van der Waals surface area contributed by atoms with Crippen LogP contribution in [0.3, 0.4) is 0 Å². The van der Waals surface area contributed by atoms with Crippen LogP contribution in [-0.2, 0) is 0 Å². The van der Waals surface area contributed by atoms with Gasteiger partial charge in [-0.05, 0) is 29.8 Å². The van der Waals surface area contributed by atoms with E-state index in [1.165, 1.54) is 11.4 Å². The summed E-state index contributed by atoms with van der Waals surface area (Å²) in [4.78, 5) is 15.4. The summed E-state index contributed by atoms with van der Waals surface area (Å²) < 4.78 is 0. The van der Waals surface area contributed by atoms with E-state index in [2.05, 4.69) is 56.7 Å². The van der Waals surface area contributed by atoms with Crippen LogP contribution < -0.4 is 21.0 Å². The Morgan fingerprint density at radius 1 is 0.917 bits per heavy atom. The molecule has 1 saturated heterocycles. The lowest BCUT2D eigenvalue weighted by Crippen LogP contribution is -2.46. The highest BCUT2D eigenvalue weighted by Gasteiger charge is 2.17. The summed E-state index contributed by atoms with van der Waals surface area (Å²) >= 11 is 0. The summed E-state index contributed by atoms with van der Waals surface area (Å²) in [7, 11) is 0. The number of anilines is 2. The molecule has 0 bridgehead atoms. The average Bonchev–Trinajstić information content (AvgIpc) is 2.63. The first-order valence-electron chi connectivity index (χ1n) is 7.96. The van der Waals surface area contributed by atoms with Gasteiger partial charge in [-0.3, -0.25) is 0 Å². The molecule has 1 fully saturated rings.